The Morgan fingerprint density at radius 1 is 1.16 bits per heavy atom. The second-order valence-corrected chi connectivity index (χ2v) is 9.09. The number of carbonyl (C=O) groups excluding carboxylic acids is 2. The molecule has 0 spiro atoms. The Morgan fingerprint density at radius 3 is 2.69 bits per heavy atom. The summed E-state index contributed by atoms with van der Waals surface area (Å²) in [5, 5.41) is 0. The Bertz CT molecular complexity index is 976. The number of aryl methyl sites for hydroxylation is 2. The van der Waals surface area contributed by atoms with Crippen LogP contribution in [0.2, 0.25) is 0 Å². The van der Waals surface area contributed by atoms with Gasteiger partial charge in [-0.05, 0) is 58.7 Å². The van der Waals surface area contributed by atoms with Gasteiger partial charge in [0.15, 0.2) is 5.82 Å². The highest BCUT2D eigenvalue weighted by Gasteiger charge is 2.35. The first-order chi connectivity index (χ1) is 15.4. The van der Waals surface area contributed by atoms with Gasteiger partial charge in [0.25, 0.3) is 0 Å². The molecule has 2 aromatic rings. The molecule has 2 amide bonds. The van der Waals surface area contributed by atoms with E-state index in [1.54, 1.807) is 0 Å². The fourth-order valence-corrected chi connectivity index (χ4v) is 4.76. The second kappa shape index (κ2) is 9.77. The molecule has 1 atom stereocenters. The molecule has 0 aliphatic carbocycles. The van der Waals surface area contributed by atoms with Crippen molar-refractivity contribution in [1.29, 1.82) is 0 Å². The maximum atomic E-state index is 12.8. The van der Waals surface area contributed by atoms with Crippen LogP contribution in [0.5, 0.6) is 0 Å². The van der Waals surface area contributed by atoms with Crippen molar-refractivity contribution < 1.29 is 9.59 Å². The Kier molecular flexibility index (Phi) is 6.84. The van der Waals surface area contributed by atoms with Crippen LogP contribution in [0.3, 0.4) is 0 Å². The van der Waals surface area contributed by atoms with E-state index in [0.29, 0.717) is 31.8 Å². The molecule has 1 aromatic heterocycles. The molecule has 0 N–H and O–H groups in total. The third-order valence-electron chi connectivity index (χ3n) is 6.37. The molecule has 2 aliphatic rings. The molecular weight excluding hydrogens is 402 g/mol. The Balaban J connectivity index is 1.56. The molecule has 170 valence electrons. The van der Waals surface area contributed by atoms with Crippen LogP contribution in [-0.2, 0) is 22.4 Å². The van der Waals surface area contributed by atoms with Crippen molar-refractivity contribution in [2.45, 2.75) is 51.5 Å². The van der Waals surface area contributed by atoms with Gasteiger partial charge in [0.05, 0.1) is 12.6 Å². The molecule has 0 radical (unpaired) electrons. The van der Waals surface area contributed by atoms with Gasteiger partial charge in [0.1, 0.15) is 5.82 Å². The molecule has 0 saturated carbocycles. The number of hydrogen-bond acceptors (Lipinski definition) is 5. The summed E-state index contributed by atoms with van der Waals surface area (Å²) in [6.45, 7) is 3.76. The van der Waals surface area contributed by atoms with Gasteiger partial charge in [-0.3, -0.25) is 14.5 Å². The number of aromatic nitrogens is 2. The van der Waals surface area contributed by atoms with Crippen molar-refractivity contribution in [3.05, 3.63) is 53.0 Å². The lowest BCUT2D eigenvalue weighted by atomic mass is 10.0. The van der Waals surface area contributed by atoms with Gasteiger partial charge in [-0.15, -0.1) is 0 Å². The second-order valence-electron chi connectivity index (χ2n) is 9.09. The van der Waals surface area contributed by atoms with Crippen LogP contribution in [0.15, 0.2) is 30.3 Å². The lowest BCUT2D eigenvalue weighted by Gasteiger charge is -2.31. The molecule has 32 heavy (non-hydrogen) atoms. The average molecular weight is 436 g/mol. The topological polar surface area (TPSA) is 69.6 Å². The molecule has 1 saturated heterocycles. The van der Waals surface area contributed by atoms with Crippen LogP contribution < -0.4 is 4.90 Å². The number of nitrogens with zero attached hydrogens (tertiary/aromatic N) is 5. The number of rotatable bonds is 7. The zero-order chi connectivity index (χ0) is 22.7. The van der Waals surface area contributed by atoms with Crippen molar-refractivity contribution in [1.82, 2.24) is 19.8 Å². The van der Waals surface area contributed by atoms with Crippen LogP contribution in [0, 0.1) is 6.92 Å². The molecular formula is C25H33N5O2. The zero-order valence-electron chi connectivity index (χ0n) is 19.4. The molecule has 1 aromatic carbocycles. The first-order valence-corrected chi connectivity index (χ1v) is 11.6. The van der Waals surface area contributed by atoms with Gasteiger partial charge in [0, 0.05) is 30.8 Å². The highest BCUT2D eigenvalue weighted by molar-refractivity contribution is 5.95. The van der Waals surface area contributed by atoms with Gasteiger partial charge in [0.2, 0.25) is 11.8 Å². The number of amides is 2. The summed E-state index contributed by atoms with van der Waals surface area (Å²) in [6, 6.07) is 10.2. The number of likely N-dealkylation sites (tertiary alicyclic amines) is 1. The molecule has 7 nitrogen and oxygen atoms in total. The van der Waals surface area contributed by atoms with E-state index in [1.807, 2.05) is 53.9 Å². The zero-order valence-corrected chi connectivity index (χ0v) is 19.4. The normalized spacial score (nSPS) is 18.4. The fourth-order valence-electron chi connectivity index (χ4n) is 4.76. The number of fused-ring (bicyclic) bond motifs is 1. The summed E-state index contributed by atoms with van der Waals surface area (Å²) >= 11 is 0. The van der Waals surface area contributed by atoms with E-state index in [1.165, 1.54) is 5.56 Å². The average Bonchev–Trinajstić information content (AvgIpc) is 3.26. The van der Waals surface area contributed by atoms with Crippen LogP contribution >= 0.6 is 0 Å². The smallest absolute Gasteiger partial charge is 0.237 e. The van der Waals surface area contributed by atoms with E-state index < -0.39 is 0 Å². The highest BCUT2D eigenvalue weighted by Crippen LogP contribution is 2.34. The first kappa shape index (κ1) is 22.4. The molecule has 1 fully saturated rings. The largest absolute Gasteiger partial charge is 0.331 e. The minimum absolute atomic E-state index is 0.104. The molecule has 0 bridgehead atoms. The van der Waals surface area contributed by atoms with E-state index in [4.69, 9.17) is 9.97 Å². The Hall–Kier alpha value is -2.80. The number of benzene rings is 1. The Labute approximate surface area is 190 Å². The molecule has 4 rings (SSSR count). The summed E-state index contributed by atoms with van der Waals surface area (Å²) < 4.78 is 0. The molecule has 7 heteroatoms. The van der Waals surface area contributed by atoms with Crippen LogP contribution in [-0.4, -0.2) is 65.3 Å². The lowest BCUT2D eigenvalue weighted by Crippen LogP contribution is -2.40. The van der Waals surface area contributed by atoms with E-state index in [-0.39, 0.29) is 17.9 Å². The van der Waals surface area contributed by atoms with E-state index >= 15 is 0 Å². The monoisotopic (exact) mass is 435 g/mol. The number of hydrogen-bond donors (Lipinski definition) is 0. The van der Waals surface area contributed by atoms with Gasteiger partial charge in [-0.2, -0.15) is 0 Å². The maximum Gasteiger partial charge on any atom is 0.237 e. The quantitative estimate of drug-likeness (QED) is 0.669. The minimum Gasteiger partial charge on any atom is -0.331 e. The minimum atomic E-state index is -0.116. The predicted octanol–water partition coefficient (Wildman–Crippen LogP) is 2.92. The summed E-state index contributed by atoms with van der Waals surface area (Å²) in [4.78, 5) is 41.0. The molecule has 2 aliphatic heterocycles. The van der Waals surface area contributed by atoms with Crippen molar-refractivity contribution in [2.24, 2.45) is 0 Å². The summed E-state index contributed by atoms with van der Waals surface area (Å²) in [5.41, 5.74) is 3.27. The van der Waals surface area contributed by atoms with E-state index in [9.17, 15) is 9.59 Å². The first-order valence-electron chi connectivity index (χ1n) is 11.6. The van der Waals surface area contributed by atoms with Crippen LogP contribution in [0.25, 0.3) is 0 Å². The third-order valence-corrected chi connectivity index (χ3v) is 6.37. The Morgan fingerprint density at radius 2 is 1.94 bits per heavy atom. The van der Waals surface area contributed by atoms with Crippen LogP contribution in [0.1, 0.15) is 54.4 Å². The van der Waals surface area contributed by atoms with Gasteiger partial charge < -0.3 is 9.80 Å². The van der Waals surface area contributed by atoms with Crippen LogP contribution in [0.4, 0.5) is 5.82 Å². The van der Waals surface area contributed by atoms with Gasteiger partial charge in [-0.1, -0.05) is 30.3 Å². The van der Waals surface area contributed by atoms with Gasteiger partial charge >= 0.3 is 0 Å². The van der Waals surface area contributed by atoms with E-state index in [2.05, 4.69) is 12.1 Å². The highest BCUT2D eigenvalue weighted by atomic mass is 16.2. The lowest BCUT2D eigenvalue weighted by molar-refractivity contribution is -0.133. The summed E-state index contributed by atoms with van der Waals surface area (Å²) in [6.07, 6.45) is 4.79. The van der Waals surface area contributed by atoms with Gasteiger partial charge in [-0.25, -0.2) is 9.97 Å². The molecule has 3 heterocycles. The molecule has 0 unspecified atom stereocenters. The standard InChI is InChI=1S/C25H33N5O2/c1-18-20-13-14-22(31)30(16-7-11-19-9-5-4-6-10-19)25(20)27-24(26-18)21-12-8-15-29(21)23(32)17-28(2)3/h4-6,9-10,21H,7-8,11-17H2,1-3H3/t21-/m1/s1. The third kappa shape index (κ3) is 4.83. The fraction of sp³-hybridized carbons (Fsp3) is 0.520. The predicted molar refractivity (Wildman–Crippen MR) is 124 cm³/mol. The van der Waals surface area contributed by atoms with Crippen molar-refractivity contribution in [3.8, 4) is 0 Å². The van der Waals surface area contributed by atoms with Crippen molar-refractivity contribution >= 4 is 17.6 Å². The van der Waals surface area contributed by atoms with Crippen molar-refractivity contribution in [2.75, 3.05) is 38.6 Å². The number of anilines is 1. The van der Waals surface area contributed by atoms with Crippen molar-refractivity contribution in [3.63, 3.8) is 0 Å². The number of likely N-dealkylation sites (N-methyl/N-ethyl adjacent to an activating group) is 1. The summed E-state index contributed by atoms with van der Waals surface area (Å²) in [5.74, 6) is 1.66. The number of carbonyl (C=O) groups is 2. The summed E-state index contributed by atoms with van der Waals surface area (Å²) in [7, 11) is 3.81. The maximum absolute atomic E-state index is 12.8. The van der Waals surface area contributed by atoms with E-state index in [0.717, 1.165) is 49.3 Å². The SMILES string of the molecule is Cc1nc([C@H]2CCCN2C(=O)CN(C)C)nc2c1CCC(=O)N2CCCc1ccccc1.